The molecule has 0 fully saturated rings. The lowest BCUT2D eigenvalue weighted by Gasteiger charge is -2.12. The van der Waals surface area contributed by atoms with Crippen molar-refractivity contribution in [1.29, 1.82) is 0 Å². The summed E-state index contributed by atoms with van der Waals surface area (Å²) in [5, 5.41) is 12.7. The Bertz CT molecular complexity index is 3450. The van der Waals surface area contributed by atoms with Crippen LogP contribution in [0.5, 0.6) is 0 Å². The first-order valence-electron chi connectivity index (χ1n) is 19.1. The second-order valence-electron chi connectivity index (χ2n) is 14.7. The first kappa shape index (κ1) is 31.3. The Balaban J connectivity index is 1.04. The summed E-state index contributed by atoms with van der Waals surface area (Å²) < 4.78 is 4.80. The first-order valence-corrected chi connectivity index (χ1v) is 19.9. The Hall–Kier alpha value is -7.07. The van der Waals surface area contributed by atoms with Crippen LogP contribution in [0.25, 0.3) is 114 Å². The third-order valence-electron chi connectivity index (χ3n) is 11.6. The van der Waals surface area contributed by atoms with E-state index in [2.05, 4.69) is 199 Å². The second kappa shape index (κ2) is 12.2. The number of fused-ring (bicyclic) bond motifs is 12. The molecule has 0 aliphatic carbocycles. The van der Waals surface area contributed by atoms with Gasteiger partial charge in [0, 0.05) is 31.8 Å². The van der Waals surface area contributed by atoms with Crippen molar-refractivity contribution in [2.45, 2.75) is 0 Å². The first-order chi connectivity index (χ1) is 27.8. The van der Waals surface area contributed by atoms with Gasteiger partial charge in [-0.25, -0.2) is 4.98 Å². The van der Waals surface area contributed by atoms with Crippen LogP contribution in [0.2, 0.25) is 0 Å². The minimum absolute atomic E-state index is 0.928. The Morgan fingerprint density at radius 1 is 0.321 bits per heavy atom. The van der Waals surface area contributed by atoms with Crippen LogP contribution in [0, 0.1) is 0 Å². The zero-order valence-electron chi connectivity index (χ0n) is 30.3. The van der Waals surface area contributed by atoms with E-state index in [0.29, 0.717) is 0 Å². The zero-order valence-corrected chi connectivity index (χ0v) is 31.1. The minimum atomic E-state index is 0.928. The highest BCUT2D eigenvalue weighted by atomic mass is 32.1. The maximum absolute atomic E-state index is 5.47. The van der Waals surface area contributed by atoms with E-state index >= 15 is 0 Å². The van der Waals surface area contributed by atoms with Crippen LogP contribution in [-0.4, -0.2) is 9.55 Å². The topological polar surface area (TPSA) is 17.8 Å². The number of hydrogen-bond donors (Lipinski definition) is 0. The number of rotatable bonds is 4. The summed E-state index contributed by atoms with van der Waals surface area (Å²) in [4.78, 5) is 5.47. The van der Waals surface area contributed by atoms with Gasteiger partial charge in [0.05, 0.1) is 21.4 Å². The number of para-hydroxylation sites is 2. The van der Waals surface area contributed by atoms with Crippen molar-refractivity contribution >= 4 is 85.6 Å². The van der Waals surface area contributed by atoms with Crippen LogP contribution in [-0.2, 0) is 0 Å². The van der Waals surface area contributed by atoms with Crippen LogP contribution in [0.15, 0.2) is 194 Å². The highest BCUT2D eigenvalue weighted by molar-refractivity contribution is 7.26. The highest BCUT2D eigenvalue weighted by Crippen LogP contribution is 2.43. The van der Waals surface area contributed by atoms with Gasteiger partial charge in [0.2, 0.25) is 0 Å². The molecule has 3 aromatic heterocycles. The van der Waals surface area contributed by atoms with Crippen LogP contribution in [0.3, 0.4) is 0 Å². The third-order valence-corrected chi connectivity index (χ3v) is 12.8. The van der Waals surface area contributed by atoms with Gasteiger partial charge >= 0.3 is 0 Å². The van der Waals surface area contributed by atoms with Gasteiger partial charge in [-0.3, -0.25) is 4.57 Å². The molecule has 12 rings (SSSR count). The van der Waals surface area contributed by atoms with Crippen LogP contribution < -0.4 is 0 Å². The van der Waals surface area contributed by atoms with Crippen molar-refractivity contribution in [3.8, 4) is 39.3 Å². The van der Waals surface area contributed by atoms with Crippen LogP contribution in [0.1, 0.15) is 0 Å². The summed E-state index contributed by atoms with van der Waals surface area (Å²) in [6.07, 6.45) is 0. The molecule has 0 amide bonds. The molecule has 0 saturated heterocycles. The number of thiophene rings is 1. The van der Waals surface area contributed by atoms with Crippen molar-refractivity contribution < 1.29 is 0 Å². The van der Waals surface area contributed by atoms with Crippen molar-refractivity contribution in [1.82, 2.24) is 9.55 Å². The molecule has 3 heterocycles. The van der Waals surface area contributed by atoms with E-state index in [-0.39, 0.29) is 0 Å². The van der Waals surface area contributed by atoms with E-state index in [1.807, 2.05) is 11.3 Å². The normalized spacial score (nSPS) is 11.9. The molecule has 9 aromatic carbocycles. The summed E-state index contributed by atoms with van der Waals surface area (Å²) >= 11 is 1.83. The highest BCUT2D eigenvalue weighted by Gasteiger charge is 2.19. The molecule has 260 valence electrons. The maximum atomic E-state index is 5.47. The third kappa shape index (κ3) is 4.71. The molecular weight excluding hydrogens is 697 g/mol. The molecule has 0 N–H and O–H groups in total. The SMILES string of the molecule is c1ccc(-c2nc(-n3c4ccccc4c4ccccc43)cc3c2sc2ccc(-c4cccc(-c5ccc6c7ccccc7c7ccccc7c6c5)c4)cc23)cc1. The van der Waals surface area contributed by atoms with Crippen molar-refractivity contribution in [2.24, 2.45) is 0 Å². The Morgan fingerprint density at radius 2 is 0.804 bits per heavy atom. The van der Waals surface area contributed by atoms with E-state index in [9.17, 15) is 0 Å². The van der Waals surface area contributed by atoms with Crippen molar-refractivity contribution in [3.63, 3.8) is 0 Å². The lowest BCUT2D eigenvalue weighted by atomic mass is 9.91. The van der Waals surface area contributed by atoms with Gasteiger partial charge in [-0.2, -0.15) is 0 Å². The average molecular weight is 729 g/mol. The van der Waals surface area contributed by atoms with Gasteiger partial charge in [-0.05, 0) is 97.0 Å². The molecular formula is C53H32N2S. The molecule has 56 heavy (non-hydrogen) atoms. The van der Waals surface area contributed by atoms with Crippen molar-refractivity contribution in [3.05, 3.63) is 194 Å². The largest absolute Gasteiger partial charge is 0.294 e. The van der Waals surface area contributed by atoms with Crippen LogP contribution >= 0.6 is 11.3 Å². The summed E-state index contributed by atoms with van der Waals surface area (Å²) in [5.74, 6) is 0.928. The fourth-order valence-electron chi connectivity index (χ4n) is 8.98. The molecule has 0 unspecified atom stereocenters. The van der Waals surface area contributed by atoms with Crippen molar-refractivity contribution in [2.75, 3.05) is 0 Å². The quantitative estimate of drug-likeness (QED) is 0.165. The number of nitrogens with zero attached hydrogens (tertiary/aromatic N) is 2. The second-order valence-corrected chi connectivity index (χ2v) is 15.7. The van der Waals surface area contributed by atoms with Crippen LogP contribution in [0.4, 0.5) is 0 Å². The predicted octanol–water partition coefficient (Wildman–Crippen LogP) is 15.0. The fraction of sp³-hybridized carbons (Fsp3) is 0. The molecule has 0 spiro atoms. The predicted molar refractivity (Wildman–Crippen MR) is 240 cm³/mol. The van der Waals surface area contributed by atoms with Gasteiger partial charge in [-0.1, -0.05) is 152 Å². The monoisotopic (exact) mass is 728 g/mol. The number of pyridine rings is 1. The number of aromatic nitrogens is 2. The summed E-state index contributed by atoms with van der Waals surface area (Å²) in [6, 6.07) is 70.8. The summed E-state index contributed by atoms with van der Waals surface area (Å²) in [5.41, 5.74) is 9.28. The van der Waals surface area contributed by atoms with E-state index in [0.717, 1.165) is 28.1 Å². The van der Waals surface area contributed by atoms with Gasteiger partial charge in [0.25, 0.3) is 0 Å². The zero-order chi connectivity index (χ0) is 36.7. The molecule has 0 aliphatic heterocycles. The molecule has 2 nitrogen and oxygen atoms in total. The van der Waals surface area contributed by atoms with Gasteiger partial charge in [0.1, 0.15) is 5.82 Å². The maximum Gasteiger partial charge on any atom is 0.139 e. The average Bonchev–Trinajstić information content (AvgIpc) is 3.82. The molecule has 0 bridgehead atoms. The molecule has 3 heteroatoms. The molecule has 12 aromatic rings. The molecule has 0 radical (unpaired) electrons. The molecule has 0 atom stereocenters. The van der Waals surface area contributed by atoms with Gasteiger partial charge in [-0.15, -0.1) is 11.3 Å². The Labute approximate surface area is 327 Å². The number of benzene rings is 9. The Kier molecular flexibility index (Phi) is 6.83. The van der Waals surface area contributed by atoms with E-state index in [4.69, 9.17) is 4.98 Å². The summed E-state index contributed by atoms with van der Waals surface area (Å²) in [7, 11) is 0. The van der Waals surface area contributed by atoms with Gasteiger partial charge < -0.3 is 0 Å². The smallest absolute Gasteiger partial charge is 0.139 e. The molecule has 0 aliphatic rings. The van der Waals surface area contributed by atoms with Gasteiger partial charge in [0.15, 0.2) is 0 Å². The summed E-state index contributed by atoms with van der Waals surface area (Å²) in [6.45, 7) is 0. The van der Waals surface area contributed by atoms with E-state index in [1.165, 1.54) is 85.5 Å². The van der Waals surface area contributed by atoms with E-state index < -0.39 is 0 Å². The minimum Gasteiger partial charge on any atom is -0.294 e. The number of hydrogen-bond acceptors (Lipinski definition) is 2. The van der Waals surface area contributed by atoms with E-state index in [1.54, 1.807) is 0 Å². The standard InChI is InChI=1S/C53H32N2S/c1-2-13-33(14-3-1)52-53-47(32-51(54-52)55-48-23-10-8-21-43(48)44-22-9-11-24-49(44)55)46-31-37(26-28-50(46)56-53)35-16-12-15-34(29-35)36-25-27-42-40-19-5-4-17-38(40)39-18-6-7-20-41(39)45(42)30-36/h1-32H. The molecule has 0 saturated carbocycles. The Morgan fingerprint density at radius 3 is 1.45 bits per heavy atom. The fourth-order valence-corrected chi connectivity index (χ4v) is 10.2. The lowest BCUT2D eigenvalue weighted by molar-refractivity contribution is 1.09. The lowest BCUT2D eigenvalue weighted by Crippen LogP contribution is -1.99.